The minimum Gasteiger partial charge on any atom is -0.356 e. The van der Waals surface area contributed by atoms with E-state index in [1.54, 1.807) is 18.2 Å². The third kappa shape index (κ3) is 8.41. The van der Waals surface area contributed by atoms with Crippen LogP contribution in [0.3, 0.4) is 0 Å². The first-order valence-electron chi connectivity index (χ1n) is 15.2. The quantitative estimate of drug-likeness (QED) is 0.116. The van der Waals surface area contributed by atoms with Crippen LogP contribution < -0.4 is 16.0 Å². The summed E-state index contributed by atoms with van der Waals surface area (Å²) in [6, 6.07) is 21.9. The lowest BCUT2D eigenvalue weighted by Gasteiger charge is -2.27. The largest absolute Gasteiger partial charge is 0.356 e. The number of rotatable bonds is 13. The van der Waals surface area contributed by atoms with Gasteiger partial charge in [0.2, 0.25) is 17.6 Å². The summed E-state index contributed by atoms with van der Waals surface area (Å²) in [6.45, 7) is 0.658. The smallest absolute Gasteiger partial charge is 0.289 e. The molecular weight excluding hydrogens is 627 g/mol. The van der Waals surface area contributed by atoms with E-state index in [4.69, 9.17) is 23.2 Å². The molecule has 0 bridgehead atoms. The van der Waals surface area contributed by atoms with Crippen LogP contribution in [0.1, 0.15) is 47.3 Å². The van der Waals surface area contributed by atoms with Gasteiger partial charge in [0, 0.05) is 47.3 Å². The lowest BCUT2D eigenvalue weighted by atomic mass is 9.88. The van der Waals surface area contributed by atoms with Crippen LogP contribution in [0.5, 0.6) is 0 Å². The van der Waals surface area contributed by atoms with Gasteiger partial charge in [0.1, 0.15) is 0 Å². The summed E-state index contributed by atoms with van der Waals surface area (Å²) >= 11 is 12.5. The number of aromatic amines is 1. The highest BCUT2D eigenvalue weighted by atomic mass is 35.5. The maximum Gasteiger partial charge on any atom is 0.289 e. The molecule has 1 aliphatic heterocycles. The van der Waals surface area contributed by atoms with Crippen molar-refractivity contribution in [2.45, 2.75) is 44.7 Å². The number of carbonyl (C=O) groups is 5. The second-order valence-electron chi connectivity index (χ2n) is 11.5. The SMILES string of the molecule is O=C(NCc1ccccc1)C(=O)[C@H](C[C@@H]1CCCNC1=O)NC(=O)[C@@H](CC(=O)c1cc2c(Cl)cc(Cl)cc2[nH]1)Cc1ccccc1. The molecular formula is C35H34Cl2N4O5. The van der Waals surface area contributed by atoms with E-state index < -0.39 is 35.5 Å². The second-order valence-corrected chi connectivity index (χ2v) is 12.3. The number of hydrogen-bond donors (Lipinski definition) is 4. The zero-order valence-electron chi connectivity index (χ0n) is 25.0. The number of nitrogens with one attached hydrogen (secondary N) is 4. The Kier molecular flexibility index (Phi) is 10.9. The molecule has 3 aromatic carbocycles. The topological polar surface area (TPSA) is 137 Å². The van der Waals surface area contributed by atoms with Gasteiger partial charge in [-0.2, -0.15) is 0 Å². The molecule has 0 radical (unpaired) electrons. The summed E-state index contributed by atoms with van der Waals surface area (Å²) in [5, 5.41) is 9.59. The molecule has 2 heterocycles. The van der Waals surface area contributed by atoms with Crippen molar-refractivity contribution in [1.82, 2.24) is 20.9 Å². The molecule has 0 saturated carbocycles. The standard InChI is InChI=1S/C35H34Cl2N4O5/c36-25-17-27(37)26-19-29(40-28(26)18-25)31(42)16-24(14-21-8-3-1-4-9-21)34(45)41-30(15-23-12-7-13-38-33(23)44)32(43)35(46)39-20-22-10-5-2-6-11-22/h1-6,8-11,17-19,23-24,30,40H,7,12-16,20H2,(H,38,44)(H,39,46)(H,41,45)/t23-,24+,30-/m0/s1. The number of fused-ring (bicyclic) bond motifs is 1. The number of benzene rings is 3. The Morgan fingerprint density at radius 3 is 2.30 bits per heavy atom. The molecule has 9 nitrogen and oxygen atoms in total. The van der Waals surface area contributed by atoms with Crippen molar-refractivity contribution in [2.75, 3.05) is 6.54 Å². The predicted octanol–water partition coefficient (Wildman–Crippen LogP) is 5.19. The summed E-state index contributed by atoms with van der Waals surface area (Å²) in [6.07, 6.45) is 1.22. The third-order valence-electron chi connectivity index (χ3n) is 8.15. The number of amides is 3. The Labute approximate surface area is 276 Å². The van der Waals surface area contributed by atoms with Crippen LogP contribution in [0.2, 0.25) is 10.0 Å². The third-order valence-corrected chi connectivity index (χ3v) is 8.68. The zero-order valence-corrected chi connectivity index (χ0v) is 26.5. The van der Waals surface area contributed by atoms with E-state index in [1.807, 2.05) is 60.7 Å². The monoisotopic (exact) mass is 660 g/mol. The van der Waals surface area contributed by atoms with E-state index in [0.29, 0.717) is 33.9 Å². The van der Waals surface area contributed by atoms with Gasteiger partial charge < -0.3 is 20.9 Å². The highest BCUT2D eigenvalue weighted by Gasteiger charge is 2.35. The number of hydrogen-bond acceptors (Lipinski definition) is 5. The van der Waals surface area contributed by atoms with Gasteiger partial charge in [-0.1, -0.05) is 83.9 Å². The predicted molar refractivity (Wildman–Crippen MR) is 176 cm³/mol. The van der Waals surface area contributed by atoms with Gasteiger partial charge in [-0.3, -0.25) is 24.0 Å². The van der Waals surface area contributed by atoms with Crippen molar-refractivity contribution >= 4 is 63.4 Å². The number of aromatic nitrogens is 1. The average molecular weight is 662 g/mol. The van der Waals surface area contributed by atoms with E-state index in [9.17, 15) is 24.0 Å². The number of ketones is 2. The average Bonchev–Trinajstić information content (AvgIpc) is 3.49. The Morgan fingerprint density at radius 2 is 1.61 bits per heavy atom. The van der Waals surface area contributed by atoms with Crippen LogP contribution in [0.15, 0.2) is 78.9 Å². The first-order valence-corrected chi connectivity index (χ1v) is 15.9. The van der Waals surface area contributed by atoms with Crippen molar-refractivity contribution in [2.24, 2.45) is 11.8 Å². The molecule has 0 spiro atoms. The minimum atomic E-state index is -1.26. The van der Waals surface area contributed by atoms with Crippen LogP contribution in [-0.4, -0.2) is 46.9 Å². The van der Waals surface area contributed by atoms with Gasteiger partial charge in [-0.25, -0.2) is 0 Å². The number of piperidine rings is 1. The van der Waals surface area contributed by atoms with E-state index >= 15 is 0 Å². The lowest BCUT2D eigenvalue weighted by molar-refractivity contribution is -0.141. The van der Waals surface area contributed by atoms with Gasteiger partial charge in [0.15, 0.2) is 5.78 Å². The van der Waals surface area contributed by atoms with E-state index in [2.05, 4.69) is 20.9 Å². The van der Waals surface area contributed by atoms with Gasteiger partial charge in [0.25, 0.3) is 5.91 Å². The fraction of sp³-hybridized carbons (Fsp3) is 0.286. The first kappa shape index (κ1) is 32.9. The Morgan fingerprint density at radius 1 is 0.913 bits per heavy atom. The van der Waals surface area contributed by atoms with Crippen LogP contribution in [0.4, 0.5) is 0 Å². The fourth-order valence-corrected chi connectivity index (χ4v) is 6.24. The summed E-state index contributed by atoms with van der Waals surface area (Å²) in [5.74, 6) is -4.29. The normalized spacial score (nSPS) is 15.9. The zero-order chi connectivity index (χ0) is 32.6. The summed E-state index contributed by atoms with van der Waals surface area (Å²) in [5.41, 5.74) is 2.47. The molecule has 1 aromatic heterocycles. The van der Waals surface area contributed by atoms with Gasteiger partial charge in [0.05, 0.1) is 16.8 Å². The number of halogens is 2. The van der Waals surface area contributed by atoms with Crippen molar-refractivity contribution in [3.63, 3.8) is 0 Å². The molecule has 3 amide bonds. The van der Waals surface area contributed by atoms with Gasteiger partial charge in [-0.15, -0.1) is 0 Å². The molecule has 0 unspecified atom stereocenters. The van der Waals surface area contributed by atoms with Crippen LogP contribution in [-0.2, 0) is 32.1 Å². The van der Waals surface area contributed by atoms with Crippen LogP contribution in [0.25, 0.3) is 10.9 Å². The van der Waals surface area contributed by atoms with Crippen molar-refractivity contribution in [3.05, 3.63) is 106 Å². The summed E-state index contributed by atoms with van der Waals surface area (Å²) in [4.78, 5) is 69.7. The number of carbonyl (C=O) groups excluding carboxylic acids is 5. The molecule has 1 aliphatic rings. The maximum atomic E-state index is 13.9. The molecule has 3 atom stereocenters. The van der Waals surface area contributed by atoms with Crippen LogP contribution >= 0.6 is 23.2 Å². The van der Waals surface area contributed by atoms with E-state index in [1.165, 1.54) is 0 Å². The van der Waals surface area contributed by atoms with E-state index in [0.717, 1.165) is 17.5 Å². The fourth-order valence-electron chi connectivity index (χ4n) is 5.69. The summed E-state index contributed by atoms with van der Waals surface area (Å²) < 4.78 is 0. The molecule has 4 N–H and O–H groups in total. The molecule has 0 aliphatic carbocycles. The number of Topliss-reactive ketones (excluding diaryl/α,β-unsaturated/α-hetero) is 2. The molecule has 46 heavy (non-hydrogen) atoms. The van der Waals surface area contributed by atoms with Crippen molar-refractivity contribution in [1.29, 1.82) is 0 Å². The lowest BCUT2D eigenvalue weighted by Crippen LogP contribution is -2.51. The maximum absolute atomic E-state index is 13.9. The minimum absolute atomic E-state index is 0.0392. The van der Waals surface area contributed by atoms with Crippen LogP contribution in [0, 0.1) is 11.8 Å². The molecule has 1 fully saturated rings. The van der Waals surface area contributed by atoms with Gasteiger partial charge in [-0.05, 0) is 55.0 Å². The highest BCUT2D eigenvalue weighted by Crippen LogP contribution is 2.29. The summed E-state index contributed by atoms with van der Waals surface area (Å²) in [7, 11) is 0. The Hall–Kier alpha value is -4.47. The van der Waals surface area contributed by atoms with Crippen molar-refractivity contribution in [3.8, 4) is 0 Å². The second kappa shape index (κ2) is 15.2. The van der Waals surface area contributed by atoms with Gasteiger partial charge >= 0.3 is 0 Å². The van der Waals surface area contributed by atoms with E-state index in [-0.39, 0.29) is 43.2 Å². The molecule has 238 valence electrons. The Balaban J connectivity index is 1.37. The van der Waals surface area contributed by atoms with Crippen molar-refractivity contribution < 1.29 is 24.0 Å². The first-order chi connectivity index (χ1) is 22.2. The molecule has 4 aromatic rings. The molecule has 11 heteroatoms. The number of H-pyrrole nitrogens is 1. The highest BCUT2D eigenvalue weighted by molar-refractivity contribution is 6.39. The molecule has 1 saturated heterocycles. The molecule has 5 rings (SSSR count). The Bertz CT molecular complexity index is 1740.